The molecule has 8 heteroatoms. The summed E-state index contributed by atoms with van der Waals surface area (Å²) in [5, 5.41) is 0.698. The molecule has 2 aromatic heterocycles. The lowest BCUT2D eigenvalue weighted by Crippen LogP contribution is -2.09. The molecule has 0 aliphatic carbocycles. The molecule has 2 heterocycles. The molecule has 0 aromatic carbocycles. The molecule has 0 amide bonds. The van der Waals surface area contributed by atoms with Crippen molar-refractivity contribution in [1.82, 2.24) is 19.5 Å². The molecule has 2 aromatic rings. The van der Waals surface area contributed by atoms with Crippen molar-refractivity contribution < 1.29 is 9.47 Å². The molecular weight excluding hydrogens is 290 g/mol. The van der Waals surface area contributed by atoms with Gasteiger partial charge in [0.1, 0.15) is 5.52 Å². The summed E-state index contributed by atoms with van der Waals surface area (Å²) < 4.78 is 12.3. The molecule has 0 saturated carbocycles. The van der Waals surface area contributed by atoms with Crippen LogP contribution in [0.2, 0.25) is 0 Å². The summed E-state index contributed by atoms with van der Waals surface area (Å²) in [6.45, 7) is 4.55. The van der Waals surface area contributed by atoms with Crippen molar-refractivity contribution in [2.24, 2.45) is 0 Å². The maximum absolute atomic E-state index is 5.95. The summed E-state index contributed by atoms with van der Waals surface area (Å²) in [7, 11) is 1.65. The molecule has 0 aliphatic heterocycles. The summed E-state index contributed by atoms with van der Waals surface area (Å²) in [6, 6.07) is 0. The zero-order valence-corrected chi connectivity index (χ0v) is 13.2. The Bertz CT molecular complexity index is 575. The van der Waals surface area contributed by atoms with Gasteiger partial charge in [-0.3, -0.25) is 0 Å². The van der Waals surface area contributed by atoms with Crippen LogP contribution in [0.1, 0.15) is 13.3 Å². The Labute approximate surface area is 128 Å². The molecule has 0 aliphatic rings. The highest BCUT2D eigenvalue weighted by Crippen LogP contribution is 2.21. The first-order valence-electron chi connectivity index (χ1n) is 6.94. The average molecular weight is 311 g/mol. The molecular formula is C13H21N5O2S. The van der Waals surface area contributed by atoms with E-state index >= 15 is 0 Å². The van der Waals surface area contributed by atoms with Gasteiger partial charge in [0.15, 0.2) is 16.6 Å². The quantitative estimate of drug-likeness (QED) is 0.427. The van der Waals surface area contributed by atoms with E-state index in [2.05, 4.69) is 21.9 Å². The number of fused-ring (bicyclic) bond motifs is 1. The van der Waals surface area contributed by atoms with Crippen LogP contribution in [0.15, 0.2) is 11.5 Å². The van der Waals surface area contributed by atoms with E-state index < -0.39 is 0 Å². The van der Waals surface area contributed by atoms with Crippen molar-refractivity contribution in [2.75, 3.05) is 38.4 Å². The second-order valence-electron chi connectivity index (χ2n) is 4.46. The fraction of sp³-hybridized carbons (Fsp3) is 0.615. The highest BCUT2D eigenvalue weighted by atomic mass is 32.2. The predicted octanol–water partition coefficient (Wildman–Crippen LogP) is 1.57. The molecule has 0 spiro atoms. The van der Waals surface area contributed by atoms with Gasteiger partial charge in [-0.2, -0.15) is 0 Å². The molecule has 2 N–H and O–H groups in total. The third-order valence-corrected chi connectivity index (χ3v) is 3.87. The number of nitrogen functional groups attached to an aromatic ring is 1. The Kier molecular flexibility index (Phi) is 6.21. The monoisotopic (exact) mass is 311 g/mol. The number of methoxy groups -OCH3 is 1. The smallest absolute Gasteiger partial charge is 0.191 e. The summed E-state index contributed by atoms with van der Waals surface area (Å²) in [5.74, 6) is 1.40. The summed E-state index contributed by atoms with van der Waals surface area (Å²) in [6.07, 6.45) is 2.79. The van der Waals surface area contributed by atoms with E-state index in [1.165, 1.54) is 0 Å². The number of thioether (sulfide) groups is 1. The Morgan fingerprint density at radius 2 is 2.14 bits per heavy atom. The van der Waals surface area contributed by atoms with Crippen molar-refractivity contribution >= 4 is 28.7 Å². The highest BCUT2D eigenvalue weighted by molar-refractivity contribution is 7.99. The normalized spacial score (nSPS) is 11.3. The highest BCUT2D eigenvalue weighted by Gasteiger charge is 2.11. The van der Waals surface area contributed by atoms with E-state index in [9.17, 15) is 0 Å². The van der Waals surface area contributed by atoms with Crippen LogP contribution in [0.5, 0.6) is 0 Å². The Hall–Kier alpha value is -1.38. The van der Waals surface area contributed by atoms with Gasteiger partial charge in [0.05, 0.1) is 26.1 Å². The topological polar surface area (TPSA) is 88.1 Å². The molecule has 21 heavy (non-hydrogen) atoms. The minimum atomic E-state index is 0.428. The fourth-order valence-corrected chi connectivity index (χ4v) is 2.47. The van der Waals surface area contributed by atoms with Crippen LogP contribution in [-0.4, -0.2) is 52.2 Å². The minimum Gasteiger partial charge on any atom is -0.382 e. The Balaban J connectivity index is 2.07. The predicted molar refractivity (Wildman–Crippen MR) is 83.4 cm³/mol. The third kappa shape index (κ3) is 4.29. The second-order valence-corrected chi connectivity index (χ2v) is 5.52. The van der Waals surface area contributed by atoms with Gasteiger partial charge < -0.3 is 19.8 Å². The van der Waals surface area contributed by atoms with Gasteiger partial charge in [0.25, 0.3) is 0 Å². The van der Waals surface area contributed by atoms with Crippen molar-refractivity contribution in [3.63, 3.8) is 0 Å². The molecule has 0 atom stereocenters. The van der Waals surface area contributed by atoms with E-state index in [4.69, 9.17) is 15.2 Å². The largest absolute Gasteiger partial charge is 0.382 e. The first kappa shape index (κ1) is 16.0. The molecule has 2 rings (SSSR count). The van der Waals surface area contributed by atoms with E-state index in [1.54, 1.807) is 25.2 Å². The van der Waals surface area contributed by atoms with Gasteiger partial charge in [-0.1, -0.05) is 18.7 Å². The van der Waals surface area contributed by atoms with Crippen molar-refractivity contribution in [3.8, 4) is 0 Å². The van der Waals surface area contributed by atoms with Crippen LogP contribution in [0.3, 0.4) is 0 Å². The zero-order valence-electron chi connectivity index (χ0n) is 12.4. The van der Waals surface area contributed by atoms with Crippen LogP contribution < -0.4 is 5.73 Å². The lowest BCUT2D eigenvalue weighted by molar-refractivity contribution is 0.0669. The fourth-order valence-electron chi connectivity index (χ4n) is 1.77. The van der Waals surface area contributed by atoms with Crippen molar-refractivity contribution in [1.29, 1.82) is 0 Å². The van der Waals surface area contributed by atoms with E-state index in [-0.39, 0.29) is 0 Å². The van der Waals surface area contributed by atoms with Crippen molar-refractivity contribution in [3.05, 3.63) is 6.33 Å². The number of anilines is 1. The van der Waals surface area contributed by atoms with E-state index in [0.717, 1.165) is 17.8 Å². The van der Waals surface area contributed by atoms with Crippen LogP contribution in [-0.2, 0) is 16.0 Å². The summed E-state index contributed by atoms with van der Waals surface area (Å²) in [4.78, 5) is 13.1. The maximum atomic E-state index is 5.95. The van der Waals surface area contributed by atoms with Crippen LogP contribution in [0, 0.1) is 0 Å². The third-order valence-electron chi connectivity index (χ3n) is 2.81. The van der Waals surface area contributed by atoms with E-state index in [0.29, 0.717) is 42.9 Å². The Morgan fingerprint density at radius 3 is 2.90 bits per heavy atom. The number of nitrogens with zero attached hydrogens (tertiary/aromatic N) is 4. The number of rotatable bonds is 9. The lowest BCUT2D eigenvalue weighted by atomic mass is 10.5. The SMILES string of the molecule is CCCSc1nc(N)c2ncn(CCOCCOC)c2n1. The number of aromatic nitrogens is 4. The minimum absolute atomic E-state index is 0.428. The molecule has 0 unspecified atom stereocenters. The number of imidazole rings is 1. The first-order valence-corrected chi connectivity index (χ1v) is 7.92. The molecule has 0 saturated heterocycles. The van der Waals surface area contributed by atoms with Gasteiger partial charge in [0.2, 0.25) is 0 Å². The summed E-state index contributed by atoms with van der Waals surface area (Å²) >= 11 is 1.61. The second kappa shape index (κ2) is 8.16. The van der Waals surface area contributed by atoms with Gasteiger partial charge >= 0.3 is 0 Å². The molecule has 0 radical (unpaired) electrons. The number of hydrogen-bond donors (Lipinski definition) is 1. The van der Waals surface area contributed by atoms with Gasteiger partial charge in [0, 0.05) is 19.4 Å². The first-order chi connectivity index (χ1) is 10.3. The Morgan fingerprint density at radius 1 is 1.29 bits per heavy atom. The van der Waals surface area contributed by atoms with Crippen LogP contribution in [0.4, 0.5) is 5.82 Å². The maximum Gasteiger partial charge on any atom is 0.191 e. The molecule has 7 nitrogen and oxygen atoms in total. The summed E-state index contributed by atoms with van der Waals surface area (Å²) in [5.41, 5.74) is 7.36. The molecule has 116 valence electrons. The molecule has 0 bridgehead atoms. The zero-order chi connectivity index (χ0) is 15.1. The van der Waals surface area contributed by atoms with E-state index in [1.807, 2.05) is 4.57 Å². The van der Waals surface area contributed by atoms with Crippen molar-refractivity contribution in [2.45, 2.75) is 25.0 Å². The average Bonchev–Trinajstić information content (AvgIpc) is 2.89. The number of nitrogens with two attached hydrogens (primary N) is 1. The van der Waals surface area contributed by atoms with Gasteiger partial charge in [-0.15, -0.1) is 0 Å². The van der Waals surface area contributed by atoms with Gasteiger partial charge in [-0.25, -0.2) is 15.0 Å². The standard InChI is InChI=1S/C13H21N5O2S/c1-3-8-21-13-16-11(14)10-12(17-13)18(9-15-10)4-5-20-7-6-19-2/h9H,3-8H2,1-2H3,(H2,14,16,17). The number of ether oxygens (including phenoxy) is 2. The lowest BCUT2D eigenvalue weighted by Gasteiger charge is -2.06. The number of hydrogen-bond acceptors (Lipinski definition) is 7. The van der Waals surface area contributed by atoms with Gasteiger partial charge in [-0.05, 0) is 6.42 Å². The van der Waals surface area contributed by atoms with Crippen LogP contribution in [0.25, 0.3) is 11.2 Å². The molecule has 0 fully saturated rings. The van der Waals surface area contributed by atoms with Crippen LogP contribution >= 0.6 is 11.8 Å².